The van der Waals surface area contributed by atoms with Crippen molar-refractivity contribution in [3.8, 4) is 0 Å². The summed E-state index contributed by atoms with van der Waals surface area (Å²) in [5.74, 6) is 1.53. The number of rotatable bonds is 6. The lowest BCUT2D eigenvalue weighted by Gasteiger charge is -2.25. The molecule has 110 valence electrons. The van der Waals surface area contributed by atoms with E-state index in [1.54, 1.807) is 4.52 Å². The number of anilines is 1. The number of hydrogen-bond donors (Lipinski definition) is 0. The van der Waals surface area contributed by atoms with Crippen LogP contribution in [0.15, 0.2) is 6.33 Å². The predicted molar refractivity (Wildman–Crippen MR) is 81.6 cm³/mol. The number of halogens is 1. The average Bonchev–Trinajstić information content (AvgIpc) is 2.84. The van der Waals surface area contributed by atoms with E-state index in [1.807, 2.05) is 6.92 Å². The van der Waals surface area contributed by atoms with Gasteiger partial charge in [-0.25, -0.2) is 0 Å². The van der Waals surface area contributed by atoms with E-state index in [9.17, 15) is 0 Å². The van der Waals surface area contributed by atoms with Crippen LogP contribution >= 0.6 is 11.6 Å². The maximum absolute atomic E-state index is 6.21. The van der Waals surface area contributed by atoms with Crippen molar-refractivity contribution in [2.45, 2.75) is 20.3 Å². The van der Waals surface area contributed by atoms with Crippen LogP contribution in [-0.4, -0.2) is 58.2 Å². The fourth-order valence-electron chi connectivity index (χ4n) is 2.25. The van der Waals surface area contributed by atoms with E-state index in [4.69, 9.17) is 11.6 Å². The molecule has 0 saturated heterocycles. The smallest absolute Gasteiger partial charge is 0.255 e. The third-order valence-electron chi connectivity index (χ3n) is 3.29. The monoisotopic (exact) mass is 296 g/mol. The van der Waals surface area contributed by atoms with Crippen molar-refractivity contribution < 1.29 is 0 Å². The predicted octanol–water partition coefficient (Wildman–Crippen LogP) is 1.86. The lowest BCUT2D eigenvalue weighted by molar-refractivity contribution is 0.400. The Morgan fingerprint density at radius 2 is 2.05 bits per heavy atom. The van der Waals surface area contributed by atoms with Gasteiger partial charge in [0, 0.05) is 18.7 Å². The minimum absolute atomic E-state index is 0.492. The van der Waals surface area contributed by atoms with Gasteiger partial charge in [0.05, 0.1) is 0 Å². The van der Waals surface area contributed by atoms with Crippen LogP contribution in [0.4, 0.5) is 5.82 Å². The summed E-state index contributed by atoms with van der Waals surface area (Å²) in [6, 6.07) is 0. The fraction of sp³-hybridized carbons (Fsp3) is 0.615. The minimum Gasteiger partial charge on any atom is -0.356 e. The van der Waals surface area contributed by atoms with Crippen molar-refractivity contribution in [2.24, 2.45) is 0 Å². The SMILES string of the molecule is CCN(CCCN(C)C)c1c(C)c(Cl)nc2ncnn12. The molecule has 0 N–H and O–H groups in total. The van der Waals surface area contributed by atoms with Gasteiger partial charge in [-0.3, -0.25) is 0 Å². The molecule has 2 heterocycles. The van der Waals surface area contributed by atoms with Crippen molar-refractivity contribution >= 4 is 23.2 Å². The topological polar surface area (TPSA) is 49.6 Å². The highest BCUT2D eigenvalue weighted by Crippen LogP contribution is 2.25. The molecule has 0 aliphatic rings. The van der Waals surface area contributed by atoms with Gasteiger partial charge in [0.15, 0.2) is 0 Å². The quantitative estimate of drug-likeness (QED) is 0.762. The van der Waals surface area contributed by atoms with Crippen LogP contribution in [0.25, 0.3) is 5.78 Å². The van der Waals surface area contributed by atoms with E-state index < -0.39 is 0 Å². The van der Waals surface area contributed by atoms with Crippen LogP contribution in [0.3, 0.4) is 0 Å². The van der Waals surface area contributed by atoms with Crippen LogP contribution < -0.4 is 4.90 Å². The lowest BCUT2D eigenvalue weighted by atomic mass is 10.3. The van der Waals surface area contributed by atoms with Gasteiger partial charge in [-0.05, 0) is 40.9 Å². The molecule has 0 unspecified atom stereocenters. The Hall–Kier alpha value is -1.40. The van der Waals surface area contributed by atoms with Crippen molar-refractivity contribution in [1.29, 1.82) is 0 Å². The highest BCUT2D eigenvalue weighted by Gasteiger charge is 2.17. The highest BCUT2D eigenvalue weighted by molar-refractivity contribution is 6.30. The summed E-state index contributed by atoms with van der Waals surface area (Å²) in [4.78, 5) is 12.8. The summed E-state index contributed by atoms with van der Waals surface area (Å²) in [5.41, 5.74) is 0.941. The van der Waals surface area contributed by atoms with Crippen LogP contribution in [0.1, 0.15) is 18.9 Å². The van der Waals surface area contributed by atoms with Crippen LogP contribution in [-0.2, 0) is 0 Å². The summed E-state index contributed by atoms with van der Waals surface area (Å²) in [6.45, 7) is 7.00. The van der Waals surface area contributed by atoms with E-state index in [1.165, 1.54) is 6.33 Å². The molecule has 0 bridgehead atoms. The van der Waals surface area contributed by atoms with Crippen LogP contribution in [0.2, 0.25) is 5.15 Å². The molecule has 0 radical (unpaired) electrons. The Kier molecular flexibility index (Phi) is 4.77. The van der Waals surface area contributed by atoms with Gasteiger partial charge >= 0.3 is 0 Å². The number of nitrogens with zero attached hydrogens (tertiary/aromatic N) is 6. The second-order valence-electron chi connectivity index (χ2n) is 5.06. The molecule has 0 aromatic carbocycles. The molecule has 0 fully saturated rings. The first-order valence-corrected chi connectivity index (χ1v) is 7.18. The third-order valence-corrected chi connectivity index (χ3v) is 3.66. The lowest BCUT2D eigenvalue weighted by Crippen LogP contribution is -2.29. The standard InChI is InChI=1S/C13H21ClN6/c1-5-19(8-6-7-18(3)4)12-10(2)11(14)17-13-15-9-16-20(12)13/h9H,5-8H2,1-4H3. The molecule has 0 atom stereocenters. The molecule has 2 rings (SSSR count). The maximum atomic E-state index is 6.21. The van der Waals surface area contributed by atoms with Gasteiger partial charge < -0.3 is 9.80 Å². The van der Waals surface area contributed by atoms with E-state index in [2.05, 4.69) is 45.9 Å². The molecule has 2 aromatic rings. The summed E-state index contributed by atoms with van der Waals surface area (Å²) >= 11 is 6.21. The zero-order valence-electron chi connectivity index (χ0n) is 12.5. The maximum Gasteiger partial charge on any atom is 0.255 e. The van der Waals surface area contributed by atoms with Crippen molar-refractivity contribution in [2.75, 3.05) is 38.6 Å². The highest BCUT2D eigenvalue weighted by atomic mass is 35.5. The summed E-state index contributed by atoms with van der Waals surface area (Å²) < 4.78 is 1.76. The van der Waals surface area contributed by atoms with E-state index in [0.717, 1.165) is 37.4 Å². The largest absolute Gasteiger partial charge is 0.356 e. The fourth-order valence-corrected chi connectivity index (χ4v) is 2.41. The molecule has 0 spiro atoms. The van der Waals surface area contributed by atoms with Crippen molar-refractivity contribution in [1.82, 2.24) is 24.5 Å². The van der Waals surface area contributed by atoms with Crippen molar-refractivity contribution in [3.05, 3.63) is 17.0 Å². The summed E-state index contributed by atoms with van der Waals surface area (Å²) in [5, 5.41) is 4.76. The van der Waals surface area contributed by atoms with Gasteiger partial charge in [-0.15, -0.1) is 0 Å². The minimum atomic E-state index is 0.492. The molecule has 0 aliphatic heterocycles. The molecule has 0 amide bonds. The van der Waals surface area contributed by atoms with Crippen molar-refractivity contribution in [3.63, 3.8) is 0 Å². The summed E-state index contributed by atoms with van der Waals surface area (Å²) in [7, 11) is 4.17. The van der Waals surface area contributed by atoms with Gasteiger partial charge in [0.25, 0.3) is 5.78 Å². The van der Waals surface area contributed by atoms with Gasteiger partial charge in [0.1, 0.15) is 17.3 Å². The third kappa shape index (κ3) is 3.02. The average molecular weight is 297 g/mol. The molecular formula is C13H21ClN6. The Morgan fingerprint density at radius 1 is 1.30 bits per heavy atom. The normalized spacial score (nSPS) is 11.5. The van der Waals surface area contributed by atoms with E-state index in [0.29, 0.717) is 10.9 Å². The molecule has 7 heteroatoms. The molecule has 6 nitrogen and oxygen atoms in total. The first kappa shape index (κ1) is 15.0. The Bertz CT molecular complexity index is 579. The van der Waals surface area contributed by atoms with Gasteiger partial charge in [0.2, 0.25) is 0 Å². The first-order valence-electron chi connectivity index (χ1n) is 6.80. The Balaban J connectivity index is 2.33. The van der Waals surface area contributed by atoms with Crippen LogP contribution in [0, 0.1) is 6.92 Å². The van der Waals surface area contributed by atoms with Gasteiger partial charge in [-0.1, -0.05) is 11.6 Å². The van der Waals surface area contributed by atoms with Gasteiger partial charge in [-0.2, -0.15) is 19.6 Å². The number of fused-ring (bicyclic) bond motifs is 1. The summed E-state index contributed by atoms with van der Waals surface area (Å²) in [6.07, 6.45) is 2.59. The number of aromatic nitrogens is 4. The first-order chi connectivity index (χ1) is 9.54. The number of hydrogen-bond acceptors (Lipinski definition) is 5. The molecule has 0 aliphatic carbocycles. The Morgan fingerprint density at radius 3 is 2.70 bits per heavy atom. The molecule has 2 aromatic heterocycles. The molecule has 0 saturated carbocycles. The molecular weight excluding hydrogens is 276 g/mol. The Labute approximate surface area is 124 Å². The van der Waals surface area contributed by atoms with E-state index in [-0.39, 0.29) is 0 Å². The second kappa shape index (κ2) is 6.37. The second-order valence-corrected chi connectivity index (χ2v) is 5.42. The van der Waals surface area contributed by atoms with E-state index >= 15 is 0 Å². The zero-order chi connectivity index (χ0) is 14.7. The zero-order valence-corrected chi connectivity index (χ0v) is 13.2. The molecule has 20 heavy (non-hydrogen) atoms. The van der Waals surface area contributed by atoms with Crippen LogP contribution in [0.5, 0.6) is 0 Å².